The first-order valence-corrected chi connectivity index (χ1v) is 25.3. The van der Waals surface area contributed by atoms with Crippen LogP contribution in [0.15, 0.2) is 0 Å². The molecule has 0 bridgehead atoms. The summed E-state index contributed by atoms with van der Waals surface area (Å²) in [5.41, 5.74) is 1.21. The number of nitrogens with zero attached hydrogens (tertiary/aromatic N) is 1. The maximum atomic E-state index is 12.6. The number of carbonyl (C=O) groups excluding carboxylic acids is 1. The molecule has 0 saturated carbocycles. The van der Waals surface area contributed by atoms with Gasteiger partial charge in [0, 0.05) is 30.1 Å². The van der Waals surface area contributed by atoms with Crippen molar-refractivity contribution in [2.75, 3.05) is 39.5 Å². The Balaban J connectivity index is 4.51. The highest BCUT2D eigenvalue weighted by atomic mass is 32.2. The van der Waals surface area contributed by atoms with E-state index in [4.69, 9.17) is 4.12 Å². The van der Waals surface area contributed by atoms with E-state index >= 15 is 0 Å². The van der Waals surface area contributed by atoms with E-state index < -0.39 is 44.1 Å². The van der Waals surface area contributed by atoms with Crippen LogP contribution in [0, 0.1) is 0 Å². The van der Waals surface area contributed by atoms with Crippen LogP contribution >= 0.6 is 0 Å². The molecule has 0 atom stereocenters. The lowest BCUT2D eigenvalue weighted by molar-refractivity contribution is -0.890. The Morgan fingerprint density at radius 3 is 1.89 bits per heavy atom. The molecule has 0 saturated heterocycles. The Bertz CT molecular complexity index is 831. The van der Waals surface area contributed by atoms with Crippen molar-refractivity contribution in [1.82, 2.24) is 5.32 Å². The van der Waals surface area contributed by atoms with Gasteiger partial charge in [-0.05, 0) is 76.3 Å². The number of nitrogens with one attached hydrogen (secondary N) is 1. The summed E-state index contributed by atoms with van der Waals surface area (Å²) in [7, 11) is -7.73. The zero-order chi connectivity index (χ0) is 29.5. The largest absolute Gasteiger partial charge is 0.748 e. The molecule has 1 amide bonds. The second-order valence-electron chi connectivity index (χ2n) is 12.2. The Hall–Kier alpha value is -0.232. The summed E-state index contributed by atoms with van der Waals surface area (Å²) in [4.78, 5) is 12.4. The average Bonchev–Trinajstić information content (AvgIpc) is 2.77. The summed E-state index contributed by atoms with van der Waals surface area (Å²) in [6, 6.07) is 2.10. The number of rotatable bonds is 23. The van der Waals surface area contributed by atoms with Crippen LogP contribution in [-0.2, 0) is 28.0 Å². The van der Waals surface area contributed by atoms with Crippen molar-refractivity contribution in [2.24, 2.45) is 0 Å². The van der Waals surface area contributed by atoms with Crippen molar-refractivity contribution in [3.8, 4) is 0 Å². The molecule has 0 aliphatic rings. The maximum Gasteiger partial charge on any atom is 0.275 e. The Morgan fingerprint density at radius 1 is 0.895 bits per heavy atom. The van der Waals surface area contributed by atoms with Crippen LogP contribution in [0.2, 0.25) is 49.1 Å². The van der Waals surface area contributed by atoms with Crippen LogP contribution < -0.4 is 5.32 Å². The highest BCUT2D eigenvalue weighted by Gasteiger charge is 2.42. The number of amides is 1. The predicted octanol–water partition coefficient (Wildman–Crippen LogP) is 4.21. The molecule has 9 nitrogen and oxygen atoms in total. The van der Waals surface area contributed by atoms with Crippen molar-refractivity contribution >= 4 is 50.0 Å². The lowest BCUT2D eigenvalue weighted by Gasteiger charge is -2.37. The zero-order valence-electron chi connectivity index (χ0n) is 25.0. The van der Waals surface area contributed by atoms with Gasteiger partial charge < -0.3 is 27.4 Å². The van der Waals surface area contributed by atoms with Gasteiger partial charge in [0.15, 0.2) is 16.6 Å². The van der Waals surface area contributed by atoms with Gasteiger partial charge in [0.25, 0.3) is 17.4 Å². The van der Waals surface area contributed by atoms with Crippen molar-refractivity contribution in [1.29, 1.82) is 0 Å². The van der Waals surface area contributed by atoms with Gasteiger partial charge in [0.1, 0.15) is 0 Å². The predicted molar refractivity (Wildman–Crippen MR) is 160 cm³/mol. The van der Waals surface area contributed by atoms with E-state index in [0.29, 0.717) is 49.2 Å². The number of quaternary nitrogens is 1. The molecule has 0 radical (unpaired) electrons. The Labute approximate surface area is 237 Å². The van der Waals surface area contributed by atoms with Gasteiger partial charge in [-0.1, -0.05) is 13.8 Å². The lowest BCUT2D eigenvalue weighted by Crippen LogP contribution is -2.50. The van der Waals surface area contributed by atoms with Gasteiger partial charge in [-0.2, -0.15) is 0 Å². The molecule has 1 N–H and O–H groups in total. The molecule has 38 heavy (non-hydrogen) atoms. The number of hydrogen-bond acceptors (Lipinski definition) is 7. The van der Waals surface area contributed by atoms with E-state index in [1.165, 1.54) is 0 Å². The third kappa shape index (κ3) is 20.6. The standard InChI is InChI=1S/C24H54N2O7SSi4/c1-8-35(31)22-38(23-36(32)9-2,33-37(5,6)7)21-15-17-25-24(27)16-11-10-12-18-26(3,4)19-13-14-20-34(28,29)30/h8-23H2,1-7H3,(H-,25,27,28,29,30). The van der Waals surface area contributed by atoms with Crippen LogP contribution in [0.5, 0.6) is 0 Å². The first kappa shape index (κ1) is 37.8. The Kier molecular flexibility index (Phi) is 18.1. The summed E-state index contributed by atoms with van der Waals surface area (Å²) in [6.45, 7) is 12.7. The summed E-state index contributed by atoms with van der Waals surface area (Å²) >= 11 is 0. The van der Waals surface area contributed by atoms with Crippen LogP contribution in [0.4, 0.5) is 0 Å². The van der Waals surface area contributed by atoms with Crippen LogP contribution in [0.3, 0.4) is 0 Å². The first-order chi connectivity index (χ1) is 17.4. The van der Waals surface area contributed by atoms with Gasteiger partial charge >= 0.3 is 0 Å². The molecule has 0 aliphatic carbocycles. The normalized spacial score (nSPS) is 12.9. The van der Waals surface area contributed by atoms with Crippen molar-refractivity contribution < 1.29 is 35.3 Å². The fraction of sp³-hybridized carbons (Fsp3) is 0.958. The van der Waals surface area contributed by atoms with Crippen molar-refractivity contribution in [3.63, 3.8) is 0 Å². The molecule has 0 aromatic rings. The summed E-state index contributed by atoms with van der Waals surface area (Å²) < 4.78 is 64.9. The highest BCUT2D eigenvalue weighted by Crippen LogP contribution is 2.29. The van der Waals surface area contributed by atoms with Crippen LogP contribution in [-0.4, -0.2) is 96.8 Å². The third-order valence-corrected chi connectivity index (χ3v) is 22.7. The molecular weight excluding hydrogens is 573 g/mol. The molecule has 0 rings (SSSR count). The molecule has 0 aliphatic heterocycles. The number of unbranched alkanes of at least 4 members (excludes halogenated alkanes) is 3. The molecular formula is C24H54N2O7SSi4. The van der Waals surface area contributed by atoms with Crippen LogP contribution in [0.25, 0.3) is 0 Å². The second kappa shape index (κ2) is 18.3. The van der Waals surface area contributed by atoms with E-state index in [2.05, 4.69) is 39.1 Å². The van der Waals surface area contributed by atoms with Gasteiger partial charge in [0.2, 0.25) is 5.91 Å². The molecule has 0 unspecified atom stereocenters. The molecule has 0 aromatic heterocycles. The SMILES string of the molecule is CC[Si](=O)C[Si](CCCNC(=O)CCCCC[N+](C)(C)CCCCS(=O)(=O)[O-])(C[Si](=O)CC)O[Si](C)(C)C. The summed E-state index contributed by atoms with van der Waals surface area (Å²) in [5.74, 6) is -0.255. The highest BCUT2D eigenvalue weighted by molar-refractivity contribution is 7.85. The topological polar surface area (TPSA) is 130 Å². The van der Waals surface area contributed by atoms with Gasteiger partial charge in [0.05, 0.1) is 37.3 Å². The molecule has 0 spiro atoms. The third-order valence-electron chi connectivity index (χ3n) is 6.56. The summed E-state index contributed by atoms with van der Waals surface area (Å²) in [5, 5.41) is 3.03. The molecule has 0 heterocycles. The summed E-state index contributed by atoms with van der Waals surface area (Å²) in [6.07, 6.45) is 5.09. The van der Waals surface area contributed by atoms with E-state index in [0.717, 1.165) is 49.3 Å². The van der Waals surface area contributed by atoms with E-state index in [9.17, 15) is 26.7 Å². The fourth-order valence-electron chi connectivity index (χ4n) is 4.64. The number of hydrogen-bond donors (Lipinski definition) is 1. The first-order valence-electron chi connectivity index (χ1n) is 14.2. The minimum absolute atomic E-state index is 0.0419. The van der Waals surface area contributed by atoms with Crippen molar-refractivity contribution in [2.45, 2.75) is 108 Å². The average molecular weight is 627 g/mol. The second-order valence-corrected chi connectivity index (χ2v) is 28.0. The minimum Gasteiger partial charge on any atom is -0.748 e. The molecule has 14 heteroatoms. The molecule has 224 valence electrons. The van der Waals surface area contributed by atoms with Gasteiger partial charge in [-0.15, -0.1) is 0 Å². The van der Waals surface area contributed by atoms with E-state index in [-0.39, 0.29) is 11.7 Å². The van der Waals surface area contributed by atoms with E-state index in [1.54, 1.807) is 0 Å². The Morgan fingerprint density at radius 2 is 1.42 bits per heavy atom. The van der Waals surface area contributed by atoms with Crippen molar-refractivity contribution in [3.05, 3.63) is 0 Å². The zero-order valence-corrected chi connectivity index (χ0v) is 29.8. The molecule has 0 fully saturated rings. The van der Waals surface area contributed by atoms with Crippen LogP contribution in [0.1, 0.15) is 58.8 Å². The number of carbonyl (C=O) groups is 1. The lowest BCUT2D eigenvalue weighted by atomic mass is 10.1. The maximum absolute atomic E-state index is 12.6. The van der Waals surface area contributed by atoms with Gasteiger partial charge in [-0.3, -0.25) is 4.79 Å². The minimum atomic E-state index is -4.13. The molecule has 0 aromatic carbocycles. The van der Waals surface area contributed by atoms with E-state index in [1.807, 2.05) is 13.8 Å². The smallest absolute Gasteiger partial charge is 0.275 e. The fourth-order valence-corrected chi connectivity index (χ4v) is 24.3. The van der Waals surface area contributed by atoms with Gasteiger partial charge in [-0.25, -0.2) is 8.42 Å². The monoisotopic (exact) mass is 626 g/mol. The quantitative estimate of drug-likeness (QED) is 0.0778.